The van der Waals surface area contributed by atoms with E-state index in [2.05, 4.69) is 22.2 Å². The number of nitrogen functional groups attached to an aromatic ring is 1. The van der Waals surface area contributed by atoms with Gasteiger partial charge in [-0.15, -0.1) is 0 Å². The number of nitrogens with two attached hydrogens (primary N) is 1. The molecule has 4 heteroatoms. The highest BCUT2D eigenvalue weighted by Crippen LogP contribution is 2.08. The highest BCUT2D eigenvalue weighted by atomic mass is 15.3. The minimum atomic E-state index is 0.816. The third-order valence-electron chi connectivity index (χ3n) is 2.78. The zero-order chi connectivity index (χ0) is 12.3. The van der Waals surface area contributed by atoms with Crippen LogP contribution in [-0.2, 0) is 13.0 Å². The lowest BCUT2D eigenvalue weighted by molar-refractivity contribution is 0.560. The summed E-state index contributed by atoms with van der Waals surface area (Å²) >= 11 is 0. The van der Waals surface area contributed by atoms with Crippen LogP contribution in [0.3, 0.4) is 0 Å². The van der Waals surface area contributed by atoms with Gasteiger partial charge in [0.15, 0.2) is 0 Å². The molecule has 0 atom stereocenters. The second-order valence-corrected chi connectivity index (χ2v) is 4.27. The van der Waals surface area contributed by atoms with Crippen molar-refractivity contribution in [2.45, 2.75) is 33.2 Å². The van der Waals surface area contributed by atoms with Crippen molar-refractivity contribution in [2.75, 3.05) is 5.73 Å². The summed E-state index contributed by atoms with van der Waals surface area (Å²) in [4.78, 5) is 4.28. The third-order valence-corrected chi connectivity index (χ3v) is 2.78. The van der Waals surface area contributed by atoms with Crippen LogP contribution >= 0.6 is 0 Å². The molecule has 2 N–H and O–H groups in total. The lowest BCUT2D eigenvalue weighted by Gasteiger charge is -2.04. The molecule has 4 nitrogen and oxygen atoms in total. The Hall–Kier alpha value is -1.84. The van der Waals surface area contributed by atoms with Crippen molar-refractivity contribution in [2.24, 2.45) is 0 Å². The van der Waals surface area contributed by atoms with Crippen molar-refractivity contribution >= 4 is 5.69 Å². The number of hydrogen-bond donors (Lipinski definition) is 1. The number of aryl methyl sites for hydroxylation is 4. The van der Waals surface area contributed by atoms with Crippen LogP contribution in [0.25, 0.3) is 0 Å². The Bertz CT molecular complexity index is 485. The van der Waals surface area contributed by atoms with E-state index in [4.69, 9.17) is 5.73 Å². The minimum absolute atomic E-state index is 0.816. The van der Waals surface area contributed by atoms with Gasteiger partial charge in [0, 0.05) is 12.2 Å². The van der Waals surface area contributed by atoms with E-state index in [-0.39, 0.29) is 0 Å². The summed E-state index contributed by atoms with van der Waals surface area (Å²) in [6.45, 7) is 4.82. The Morgan fingerprint density at radius 3 is 2.47 bits per heavy atom. The number of hydrogen-bond acceptors (Lipinski definition) is 3. The molecule has 0 spiro atoms. The fourth-order valence-corrected chi connectivity index (χ4v) is 1.89. The van der Waals surface area contributed by atoms with Crippen LogP contribution in [0.2, 0.25) is 0 Å². The van der Waals surface area contributed by atoms with Gasteiger partial charge in [-0.1, -0.05) is 12.1 Å². The largest absolute Gasteiger partial charge is 0.399 e. The van der Waals surface area contributed by atoms with Crippen molar-refractivity contribution in [3.63, 3.8) is 0 Å². The molecule has 0 bridgehead atoms. The molecule has 0 aliphatic carbocycles. The van der Waals surface area contributed by atoms with Crippen LogP contribution in [0.4, 0.5) is 5.69 Å². The summed E-state index contributed by atoms with van der Waals surface area (Å²) in [6.07, 6.45) is 2.10. The molecule has 0 radical (unpaired) electrons. The number of rotatable bonds is 4. The van der Waals surface area contributed by atoms with E-state index >= 15 is 0 Å². The van der Waals surface area contributed by atoms with E-state index < -0.39 is 0 Å². The smallest absolute Gasteiger partial charge is 0.147 e. The fourth-order valence-electron chi connectivity index (χ4n) is 1.89. The second-order valence-electron chi connectivity index (χ2n) is 4.27. The van der Waals surface area contributed by atoms with Crippen LogP contribution in [0.1, 0.15) is 23.6 Å². The van der Waals surface area contributed by atoms with Gasteiger partial charge in [0.1, 0.15) is 11.6 Å². The Morgan fingerprint density at radius 2 is 1.88 bits per heavy atom. The lowest BCUT2D eigenvalue weighted by atomic mass is 10.1. The average Bonchev–Trinajstić information content (AvgIpc) is 2.60. The normalized spacial score (nSPS) is 10.7. The van der Waals surface area contributed by atoms with Gasteiger partial charge in [-0.3, -0.25) is 4.68 Å². The number of anilines is 1. The number of benzene rings is 1. The van der Waals surface area contributed by atoms with E-state index in [1.54, 1.807) is 0 Å². The molecule has 2 aromatic rings. The number of aromatic nitrogens is 3. The third kappa shape index (κ3) is 3.06. The molecule has 0 aliphatic rings. The van der Waals surface area contributed by atoms with Crippen molar-refractivity contribution in [1.29, 1.82) is 0 Å². The maximum Gasteiger partial charge on any atom is 0.147 e. The van der Waals surface area contributed by atoms with Crippen molar-refractivity contribution < 1.29 is 0 Å². The van der Waals surface area contributed by atoms with Crippen LogP contribution in [-0.4, -0.2) is 14.8 Å². The summed E-state index contributed by atoms with van der Waals surface area (Å²) in [5.74, 6) is 1.83. The van der Waals surface area contributed by atoms with Crippen LogP contribution < -0.4 is 5.73 Å². The van der Waals surface area contributed by atoms with Crippen LogP contribution in [0.5, 0.6) is 0 Å². The molecule has 1 aromatic carbocycles. The fraction of sp³-hybridized carbons (Fsp3) is 0.385. The molecule has 90 valence electrons. The molecule has 17 heavy (non-hydrogen) atoms. The van der Waals surface area contributed by atoms with E-state index in [0.29, 0.717) is 0 Å². The van der Waals surface area contributed by atoms with Crippen molar-refractivity contribution in [3.05, 3.63) is 41.5 Å². The second kappa shape index (κ2) is 4.99. The van der Waals surface area contributed by atoms with Gasteiger partial charge in [-0.25, -0.2) is 4.98 Å². The first kappa shape index (κ1) is 11.6. The molecule has 0 amide bonds. The van der Waals surface area contributed by atoms with Crippen molar-refractivity contribution in [3.8, 4) is 0 Å². The highest BCUT2D eigenvalue weighted by molar-refractivity contribution is 5.39. The molecule has 1 aromatic heterocycles. The van der Waals surface area contributed by atoms with Gasteiger partial charge in [0.05, 0.1) is 0 Å². The molecule has 0 aliphatic heterocycles. The molecule has 0 unspecified atom stereocenters. The van der Waals surface area contributed by atoms with Gasteiger partial charge < -0.3 is 5.73 Å². The SMILES string of the molecule is Cc1nc(C)n(CCCc2ccc(N)cc2)n1. The molecule has 0 saturated carbocycles. The topological polar surface area (TPSA) is 56.7 Å². The molecule has 1 heterocycles. The summed E-state index contributed by atoms with van der Waals surface area (Å²) in [7, 11) is 0. The summed E-state index contributed by atoms with van der Waals surface area (Å²) in [6, 6.07) is 8.05. The zero-order valence-corrected chi connectivity index (χ0v) is 10.3. The maximum atomic E-state index is 5.65. The zero-order valence-electron chi connectivity index (χ0n) is 10.3. The van der Waals surface area contributed by atoms with Gasteiger partial charge in [-0.05, 0) is 44.4 Å². The Labute approximate surface area is 101 Å². The van der Waals surface area contributed by atoms with E-state index in [1.165, 1.54) is 5.56 Å². The highest BCUT2D eigenvalue weighted by Gasteiger charge is 2.01. The first-order chi connectivity index (χ1) is 8.15. The molecule has 2 rings (SSSR count). The summed E-state index contributed by atoms with van der Waals surface area (Å²) in [5, 5.41) is 4.34. The standard InChI is InChI=1S/C13H18N4/c1-10-15-11(2)17(16-10)9-3-4-12-5-7-13(14)8-6-12/h5-8H,3-4,9,14H2,1-2H3. The summed E-state index contributed by atoms with van der Waals surface area (Å²) < 4.78 is 1.96. The van der Waals surface area contributed by atoms with Crippen LogP contribution in [0.15, 0.2) is 24.3 Å². The van der Waals surface area contributed by atoms with E-state index in [1.807, 2.05) is 30.7 Å². The van der Waals surface area contributed by atoms with Gasteiger partial charge >= 0.3 is 0 Å². The van der Waals surface area contributed by atoms with Crippen LogP contribution in [0, 0.1) is 13.8 Å². The Morgan fingerprint density at radius 1 is 1.18 bits per heavy atom. The Balaban J connectivity index is 1.87. The molecule has 0 fully saturated rings. The lowest BCUT2D eigenvalue weighted by Crippen LogP contribution is -2.04. The predicted molar refractivity (Wildman–Crippen MR) is 68.7 cm³/mol. The first-order valence-corrected chi connectivity index (χ1v) is 5.87. The van der Waals surface area contributed by atoms with E-state index in [9.17, 15) is 0 Å². The minimum Gasteiger partial charge on any atom is -0.399 e. The first-order valence-electron chi connectivity index (χ1n) is 5.87. The van der Waals surface area contributed by atoms with Gasteiger partial charge in [0.25, 0.3) is 0 Å². The Kier molecular flexibility index (Phi) is 3.42. The van der Waals surface area contributed by atoms with Crippen molar-refractivity contribution in [1.82, 2.24) is 14.8 Å². The quantitative estimate of drug-likeness (QED) is 0.818. The maximum absolute atomic E-state index is 5.65. The van der Waals surface area contributed by atoms with Gasteiger partial charge in [-0.2, -0.15) is 5.10 Å². The molecular formula is C13H18N4. The monoisotopic (exact) mass is 230 g/mol. The summed E-state index contributed by atoms with van der Waals surface area (Å²) in [5.41, 5.74) is 7.78. The number of nitrogens with zero attached hydrogens (tertiary/aromatic N) is 3. The predicted octanol–water partition coefficient (Wildman–Crippen LogP) is 2.11. The van der Waals surface area contributed by atoms with E-state index in [0.717, 1.165) is 36.7 Å². The molecular weight excluding hydrogens is 212 g/mol. The van der Waals surface area contributed by atoms with Gasteiger partial charge in [0.2, 0.25) is 0 Å². The molecule has 0 saturated heterocycles. The average molecular weight is 230 g/mol.